The number of aromatic nitrogens is 1. The van der Waals surface area contributed by atoms with Crippen LogP contribution in [0.4, 0.5) is 5.69 Å². The Balaban J connectivity index is 2.03. The van der Waals surface area contributed by atoms with Crippen LogP contribution in [-0.4, -0.2) is 16.5 Å². The van der Waals surface area contributed by atoms with Crippen molar-refractivity contribution in [3.8, 4) is 0 Å². The molecular weight excluding hydrogens is 290 g/mol. The summed E-state index contributed by atoms with van der Waals surface area (Å²) in [5.41, 5.74) is 7.08. The third-order valence-corrected chi connectivity index (χ3v) is 4.67. The van der Waals surface area contributed by atoms with Crippen molar-refractivity contribution in [2.24, 2.45) is 0 Å². The van der Waals surface area contributed by atoms with E-state index in [9.17, 15) is 9.59 Å². The second kappa shape index (κ2) is 6.44. The summed E-state index contributed by atoms with van der Waals surface area (Å²) >= 11 is 0. The third kappa shape index (κ3) is 2.96. The molecule has 0 aliphatic heterocycles. The zero-order valence-electron chi connectivity index (χ0n) is 13.5. The average Bonchev–Trinajstić information content (AvgIpc) is 2.56. The Morgan fingerprint density at radius 2 is 2.04 bits per heavy atom. The lowest BCUT2D eigenvalue weighted by Crippen LogP contribution is -2.38. The maximum absolute atomic E-state index is 12.7. The van der Waals surface area contributed by atoms with E-state index in [1.165, 1.54) is 6.42 Å². The van der Waals surface area contributed by atoms with Crippen LogP contribution in [0.25, 0.3) is 10.9 Å². The molecule has 0 spiro atoms. The normalized spacial score (nSPS) is 15.7. The van der Waals surface area contributed by atoms with Crippen LogP contribution in [0.3, 0.4) is 0 Å². The van der Waals surface area contributed by atoms with Gasteiger partial charge in [-0.1, -0.05) is 25.3 Å². The number of benzene rings is 1. The number of aryl methyl sites for hydroxylation is 1. The standard InChI is InChI=1S/C18H23N3O2/c1-2-21-11-13(18(23)20-12-7-4-3-5-8-12)17(22)16-14(19)9-6-10-15(16)21/h6,9-12H,2-5,7-8,19H2,1H3,(H,20,23). The van der Waals surface area contributed by atoms with Crippen LogP contribution in [0.2, 0.25) is 0 Å². The summed E-state index contributed by atoms with van der Waals surface area (Å²) in [6.07, 6.45) is 7.13. The third-order valence-electron chi connectivity index (χ3n) is 4.67. The van der Waals surface area contributed by atoms with Crippen LogP contribution in [0, 0.1) is 0 Å². The first kappa shape index (κ1) is 15.6. The molecule has 1 amide bonds. The van der Waals surface area contributed by atoms with Crippen molar-refractivity contribution in [3.63, 3.8) is 0 Å². The van der Waals surface area contributed by atoms with Gasteiger partial charge in [0.1, 0.15) is 5.56 Å². The first-order chi connectivity index (χ1) is 11.1. The van der Waals surface area contributed by atoms with Gasteiger partial charge in [-0.05, 0) is 31.9 Å². The van der Waals surface area contributed by atoms with Crippen LogP contribution in [0.15, 0.2) is 29.2 Å². The van der Waals surface area contributed by atoms with Crippen LogP contribution in [0.5, 0.6) is 0 Å². The van der Waals surface area contributed by atoms with Crippen LogP contribution in [-0.2, 0) is 6.54 Å². The first-order valence-corrected chi connectivity index (χ1v) is 8.34. The van der Waals surface area contributed by atoms with Gasteiger partial charge < -0.3 is 15.6 Å². The van der Waals surface area contributed by atoms with Crippen LogP contribution < -0.4 is 16.5 Å². The number of amides is 1. The fourth-order valence-corrected chi connectivity index (χ4v) is 3.40. The minimum Gasteiger partial charge on any atom is -0.398 e. The van der Waals surface area contributed by atoms with Gasteiger partial charge in [0.2, 0.25) is 5.43 Å². The first-order valence-electron chi connectivity index (χ1n) is 8.34. The molecule has 1 heterocycles. The second-order valence-corrected chi connectivity index (χ2v) is 6.21. The zero-order chi connectivity index (χ0) is 16.4. The van der Waals surface area contributed by atoms with Gasteiger partial charge in [-0.3, -0.25) is 9.59 Å². The number of nitrogens with one attached hydrogen (secondary N) is 1. The molecule has 0 unspecified atom stereocenters. The van der Waals surface area contributed by atoms with Gasteiger partial charge in [-0.25, -0.2) is 0 Å². The Hall–Kier alpha value is -2.30. The fourth-order valence-electron chi connectivity index (χ4n) is 3.40. The molecule has 5 heteroatoms. The summed E-state index contributed by atoms with van der Waals surface area (Å²) in [7, 11) is 0. The van der Waals surface area contributed by atoms with E-state index in [1.807, 2.05) is 23.6 Å². The zero-order valence-corrected chi connectivity index (χ0v) is 13.5. The number of pyridine rings is 1. The molecule has 0 saturated heterocycles. The predicted octanol–water partition coefficient (Wildman–Crippen LogP) is 2.67. The Bertz CT molecular complexity index is 789. The molecule has 3 N–H and O–H groups in total. The molecule has 0 atom stereocenters. The summed E-state index contributed by atoms with van der Waals surface area (Å²) in [6, 6.07) is 5.56. The highest BCUT2D eigenvalue weighted by molar-refractivity contribution is 6.00. The Kier molecular flexibility index (Phi) is 4.37. The molecule has 1 aliphatic carbocycles. The van der Waals surface area contributed by atoms with Crippen molar-refractivity contribution in [1.29, 1.82) is 0 Å². The number of carbonyl (C=O) groups is 1. The van der Waals surface area contributed by atoms with Crippen molar-refractivity contribution in [2.45, 2.75) is 51.6 Å². The predicted molar refractivity (Wildman–Crippen MR) is 92.6 cm³/mol. The molecule has 1 aromatic carbocycles. The van der Waals surface area contributed by atoms with Crippen molar-refractivity contribution in [1.82, 2.24) is 9.88 Å². The number of nitrogens with two attached hydrogens (primary N) is 1. The molecule has 5 nitrogen and oxygen atoms in total. The van der Waals surface area contributed by atoms with Gasteiger partial charge in [-0.15, -0.1) is 0 Å². The van der Waals surface area contributed by atoms with E-state index in [2.05, 4.69) is 5.32 Å². The molecule has 122 valence electrons. The van der Waals surface area contributed by atoms with E-state index < -0.39 is 0 Å². The van der Waals surface area contributed by atoms with Crippen molar-refractivity contribution < 1.29 is 4.79 Å². The Labute approximate surface area is 135 Å². The number of hydrogen-bond donors (Lipinski definition) is 2. The number of carbonyl (C=O) groups excluding carboxylic acids is 1. The maximum atomic E-state index is 12.7. The Morgan fingerprint density at radius 3 is 2.74 bits per heavy atom. The highest BCUT2D eigenvalue weighted by Gasteiger charge is 2.20. The molecule has 2 aromatic rings. The Morgan fingerprint density at radius 1 is 1.30 bits per heavy atom. The highest BCUT2D eigenvalue weighted by Crippen LogP contribution is 2.20. The summed E-state index contributed by atoms with van der Waals surface area (Å²) in [5, 5.41) is 3.45. The second-order valence-electron chi connectivity index (χ2n) is 6.21. The van der Waals surface area contributed by atoms with E-state index >= 15 is 0 Å². The van der Waals surface area contributed by atoms with Gasteiger partial charge in [-0.2, -0.15) is 0 Å². The molecule has 0 bridgehead atoms. The van der Waals surface area contributed by atoms with Crippen molar-refractivity contribution in [2.75, 3.05) is 5.73 Å². The molecule has 1 fully saturated rings. The molecule has 3 rings (SSSR count). The summed E-state index contributed by atoms with van der Waals surface area (Å²) < 4.78 is 1.91. The van der Waals surface area contributed by atoms with Crippen LogP contribution >= 0.6 is 0 Å². The van der Waals surface area contributed by atoms with Crippen LogP contribution in [0.1, 0.15) is 49.4 Å². The number of rotatable bonds is 3. The lowest BCUT2D eigenvalue weighted by Gasteiger charge is -2.23. The lowest BCUT2D eigenvalue weighted by atomic mass is 9.95. The summed E-state index contributed by atoms with van der Waals surface area (Å²) in [5.74, 6) is -0.283. The largest absolute Gasteiger partial charge is 0.398 e. The van der Waals surface area contributed by atoms with Crippen molar-refractivity contribution >= 4 is 22.5 Å². The van der Waals surface area contributed by atoms with E-state index in [1.54, 1.807) is 12.3 Å². The quantitative estimate of drug-likeness (QED) is 0.855. The minimum absolute atomic E-state index is 0.176. The highest BCUT2D eigenvalue weighted by atomic mass is 16.2. The van der Waals surface area contributed by atoms with E-state index in [0.29, 0.717) is 17.6 Å². The number of nitrogen functional groups attached to an aromatic ring is 1. The van der Waals surface area contributed by atoms with Crippen molar-refractivity contribution in [3.05, 3.63) is 40.2 Å². The van der Waals surface area contributed by atoms with Gasteiger partial charge in [0.05, 0.1) is 10.9 Å². The van der Waals surface area contributed by atoms with E-state index in [4.69, 9.17) is 5.73 Å². The number of nitrogens with zero attached hydrogens (tertiary/aromatic N) is 1. The molecule has 1 aromatic heterocycles. The van der Waals surface area contributed by atoms with E-state index in [0.717, 1.165) is 31.2 Å². The number of anilines is 1. The molecule has 0 radical (unpaired) electrons. The number of fused-ring (bicyclic) bond motifs is 1. The molecule has 1 aliphatic rings. The van der Waals surface area contributed by atoms with Gasteiger partial charge >= 0.3 is 0 Å². The lowest BCUT2D eigenvalue weighted by molar-refractivity contribution is 0.0926. The van der Waals surface area contributed by atoms with Gasteiger partial charge in [0, 0.05) is 24.5 Å². The topological polar surface area (TPSA) is 77.1 Å². The minimum atomic E-state index is -0.283. The molecular formula is C18H23N3O2. The average molecular weight is 313 g/mol. The monoisotopic (exact) mass is 313 g/mol. The van der Waals surface area contributed by atoms with E-state index in [-0.39, 0.29) is 22.9 Å². The molecule has 23 heavy (non-hydrogen) atoms. The van der Waals surface area contributed by atoms with Gasteiger partial charge in [0.15, 0.2) is 0 Å². The smallest absolute Gasteiger partial charge is 0.256 e. The summed E-state index contributed by atoms with van der Waals surface area (Å²) in [6.45, 7) is 2.65. The van der Waals surface area contributed by atoms with Gasteiger partial charge in [0.25, 0.3) is 5.91 Å². The maximum Gasteiger partial charge on any atom is 0.256 e. The summed E-state index contributed by atoms with van der Waals surface area (Å²) in [4.78, 5) is 25.3. The number of hydrogen-bond acceptors (Lipinski definition) is 3. The molecule has 1 saturated carbocycles. The SMILES string of the molecule is CCn1cc(C(=O)NC2CCCCC2)c(=O)c2c(N)cccc21. The fraction of sp³-hybridized carbons (Fsp3) is 0.444.